The normalized spacial score (nSPS) is 13.8. The van der Waals surface area contributed by atoms with Crippen LogP contribution in [0.15, 0.2) is 41.1 Å². The lowest BCUT2D eigenvalue weighted by Crippen LogP contribution is -2.30. The molecule has 0 aliphatic rings. The summed E-state index contributed by atoms with van der Waals surface area (Å²) in [6, 6.07) is 5.71. The minimum atomic E-state index is -5.51. The zero-order chi connectivity index (χ0) is 21.4. The van der Waals surface area contributed by atoms with Crippen molar-refractivity contribution < 1.29 is 26.4 Å². The summed E-state index contributed by atoms with van der Waals surface area (Å²) in [5.74, 6) is 0.442. The molecule has 0 aliphatic carbocycles. The minimum absolute atomic E-state index is 0.209. The lowest BCUT2D eigenvalue weighted by molar-refractivity contribution is -0.0429. The lowest BCUT2D eigenvalue weighted by Gasteiger charge is -2.14. The molecule has 1 aromatic carbocycles. The smallest absolute Gasteiger partial charge is 0.396 e. The van der Waals surface area contributed by atoms with E-state index in [0.717, 1.165) is 19.3 Å². The Hall–Kier alpha value is -2.03. The van der Waals surface area contributed by atoms with E-state index in [1.807, 2.05) is 0 Å². The fourth-order valence-electron chi connectivity index (χ4n) is 2.34. The van der Waals surface area contributed by atoms with Crippen LogP contribution in [0, 0.1) is 5.92 Å². The Bertz CT molecular complexity index is 799. The highest BCUT2D eigenvalue weighted by Gasteiger charge is 2.46. The number of sulfonamides is 1. The van der Waals surface area contributed by atoms with Gasteiger partial charge in [0, 0.05) is 5.56 Å². The molecule has 5 nitrogen and oxygen atoms in total. The molecular formula is C19H27F3N2O3S. The van der Waals surface area contributed by atoms with Crippen LogP contribution in [0.25, 0.3) is 0 Å². The van der Waals surface area contributed by atoms with Crippen LogP contribution < -0.4 is 4.72 Å². The Kier molecular flexibility index (Phi) is 9.00. The van der Waals surface area contributed by atoms with Crippen LogP contribution in [0.3, 0.4) is 0 Å². The molecule has 0 fully saturated rings. The SMILES string of the molecule is CC(C)=CCCC(C)CCO/N=C(\C)c1ccccc1NS(=O)(=O)C(F)(F)F. The monoisotopic (exact) mass is 420 g/mol. The maximum absolute atomic E-state index is 12.6. The predicted molar refractivity (Wildman–Crippen MR) is 106 cm³/mol. The largest absolute Gasteiger partial charge is 0.516 e. The van der Waals surface area contributed by atoms with Gasteiger partial charge in [0.1, 0.15) is 6.61 Å². The third-order valence-corrected chi connectivity index (χ3v) is 5.08. The first-order valence-corrected chi connectivity index (χ1v) is 10.4. The summed E-state index contributed by atoms with van der Waals surface area (Å²) in [7, 11) is -5.51. The number of benzene rings is 1. The molecule has 0 amide bonds. The maximum atomic E-state index is 12.6. The van der Waals surface area contributed by atoms with E-state index in [2.05, 4.69) is 32.0 Å². The second-order valence-electron chi connectivity index (χ2n) is 6.86. The summed E-state index contributed by atoms with van der Waals surface area (Å²) < 4.78 is 62.1. The van der Waals surface area contributed by atoms with Gasteiger partial charge in [-0.1, -0.05) is 41.9 Å². The summed E-state index contributed by atoms with van der Waals surface area (Å²) in [6.07, 6.45) is 4.99. The van der Waals surface area contributed by atoms with Gasteiger partial charge in [-0.15, -0.1) is 0 Å². The van der Waals surface area contributed by atoms with E-state index >= 15 is 0 Å². The molecule has 0 radical (unpaired) electrons. The predicted octanol–water partition coefficient (Wildman–Crippen LogP) is 5.46. The summed E-state index contributed by atoms with van der Waals surface area (Å²) in [5.41, 5.74) is -3.84. The molecule has 1 aromatic rings. The van der Waals surface area contributed by atoms with Crippen molar-refractivity contribution >= 4 is 21.4 Å². The average Bonchev–Trinajstić information content (AvgIpc) is 2.57. The summed E-state index contributed by atoms with van der Waals surface area (Å²) >= 11 is 0. The van der Waals surface area contributed by atoms with Crippen molar-refractivity contribution in [3.05, 3.63) is 41.5 Å². The molecule has 0 saturated carbocycles. The zero-order valence-corrected chi connectivity index (χ0v) is 17.3. The quantitative estimate of drug-likeness (QED) is 0.236. The molecule has 0 spiro atoms. The number of allylic oxidation sites excluding steroid dienone is 2. The van der Waals surface area contributed by atoms with E-state index in [9.17, 15) is 21.6 Å². The number of hydrogen-bond acceptors (Lipinski definition) is 4. The Labute approximate surface area is 164 Å². The zero-order valence-electron chi connectivity index (χ0n) is 16.5. The molecule has 1 rings (SSSR count). The van der Waals surface area contributed by atoms with Gasteiger partial charge >= 0.3 is 15.5 Å². The number of alkyl halides is 3. The number of para-hydroxylation sites is 1. The molecule has 0 aromatic heterocycles. The molecule has 1 N–H and O–H groups in total. The van der Waals surface area contributed by atoms with Crippen LogP contribution in [0.4, 0.5) is 18.9 Å². The number of rotatable bonds is 10. The number of nitrogens with zero attached hydrogens (tertiary/aromatic N) is 1. The number of halogens is 3. The third-order valence-electron chi connectivity index (χ3n) is 3.98. The van der Waals surface area contributed by atoms with Crippen molar-refractivity contribution in [2.24, 2.45) is 11.1 Å². The van der Waals surface area contributed by atoms with Crippen LogP contribution in [-0.2, 0) is 14.9 Å². The number of oxime groups is 1. The number of hydrogen-bond donors (Lipinski definition) is 1. The Morgan fingerprint density at radius 1 is 1.21 bits per heavy atom. The fourth-order valence-corrected chi connectivity index (χ4v) is 2.92. The van der Waals surface area contributed by atoms with Crippen LogP contribution in [-0.4, -0.2) is 26.2 Å². The van der Waals surface area contributed by atoms with E-state index in [1.54, 1.807) is 17.7 Å². The molecule has 28 heavy (non-hydrogen) atoms. The fraction of sp³-hybridized carbons (Fsp3) is 0.526. The molecule has 0 heterocycles. The highest BCUT2D eigenvalue weighted by atomic mass is 32.2. The van der Waals surface area contributed by atoms with Gasteiger partial charge < -0.3 is 4.84 Å². The molecule has 0 bridgehead atoms. The van der Waals surface area contributed by atoms with Crippen LogP contribution in [0.2, 0.25) is 0 Å². The molecular weight excluding hydrogens is 393 g/mol. The summed E-state index contributed by atoms with van der Waals surface area (Å²) in [5, 5.41) is 3.92. The van der Waals surface area contributed by atoms with Gasteiger partial charge in [-0.2, -0.15) is 21.6 Å². The summed E-state index contributed by atoms with van der Waals surface area (Å²) in [6.45, 7) is 8.12. The van der Waals surface area contributed by atoms with Crippen LogP contribution >= 0.6 is 0 Å². The van der Waals surface area contributed by atoms with Crippen LogP contribution in [0.5, 0.6) is 0 Å². The molecule has 0 saturated heterocycles. The first kappa shape index (κ1) is 24.0. The van der Waals surface area contributed by atoms with E-state index in [1.165, 1.54) is 23.8 Å². The average molecular weight is 420 g/mol. The van der Waals surface area contributed by atoms with E-state index in [-0.39, 0.29) is 17.0 Å². The van der Waals surface area contributed by atoms with Crippen molar-refractivity contribution in [3.8, 4) is 0 Å². The van der Waals surface area contributed by atoms with Gasteiger partial charge in [-0.05, 0) is 52.0 Å². The lowest BCUT2D eigenvalue weighted by atomic mass is 10.0. The van der Waals surface area contributed by atoms with Gasteiger partial charge in [-0.3, -0.25) is 4.72 Å². The van der Waals surface area contributed by atoms with Crippen molar-refractivity contribution in [3.63, 3.8) is 0 Å². The third kappa shape index (κ3) is 7.92. The van der Waals surface area contributed by atoms with Gasteiger partial charge in [0.15, 0.2) is 0 Å². The van der Waals surface area contributed by atoms with Crippen molar-refractivity contribution in [2.45, 2.75) is 52.5 Å². The topological polar surface area (TPSA) is 67.8 Å². The van der Waals surface area contributed by atoms with Crippen molar-refractivity contribution in [1.29, 1.82) is 0 Å². The molecule has 9 heteroatoms. The second kappa shape index (κ2) is 10.5. The second-order valence-corrected chi connectivity index (χ2v) is 8.53. The molecule has 0 aliphatic heterocycles. The highest BCUT2D eigenvalue weighted by molar-refractivity contribution is 7.93. The first-order valence-electron chi connectivity index (χ1n) is 8.92. The van der Waals surface area contributed by atoms with Crippen molar-refractivity contribution in [2.75, 3.05) is 11.3 Å². The number of nitrogens with one attached hydrogen (secondary N) is 1. The highest BCUT2D eigenvalue weighted by Crippen LogP contribution is 2.27. The van der Waals surface area contributed by atoms with Crippen molar-refractivity contribution in [1.82, 2.24) is 0 Å². The van der Waals surface area contributed by atoms with Gasteiger partial charge in [0.25, 0.3) is 0 Å². The molecule has 1 atom stereocenters. The maximum Gasteiger partial charge on any atom is 0.516 e. The first-order chi connectivity index (χ1) is 12.9. The summed E-state index contributed by atoms with van der Waals surface area (Å²) in [4.78, 5) is 5.27. The molecule has 1 unspecified atom stereocenters. The number of anilines is 1. The van der Waals surface area contributed by atoms with E-state index < -0.39 is 15.5 Å². The Balaban J connectivity index is 2.70. The van der Waals surface area contributed by atoms with E-state index in [4.69, 9.17) is 4.84 Å². The van der Waals surface area contributed by atoms with Gasteiger partial charge in [0.05, 0.1) is 11.4 Å². The van der Waals surface area contributed by atoms with Crippen LogP contribution in [0.1, 0.15) is 52.5 Å². The Morgan fingerprint density at radius 2 is 1.86 bits per heavy atom. The van der Waals surface area contributed by atoms with E-state index in [0.29, 0.717) is 12.5 Å². The Morgan fingerprint density at radius 3 is 2.46 bits per heavy atom. The standard InChI is InChI=1S/C19H27F3N2O3S/c1-14(2)8-7-9-15(3)12-13-27-23-16(4)17-10-5-6-11-18(17)24-28(25,26)19(20,21)22/h5-6,8,10-11,15,24H,7,9,12-13H2,1-4H3/b23-16+. The minimum Gasteiger partial charge on any atom is -0.396 e. The van der Waals surface area contributed by atoms with Gasteiger partial charge in [0.2, 0.25) is 0 Å². The molecule has 158 valence electrons. The van der Waals surface area contributed by atoms with Gasteiger partial charge in [-0.25, -0.2) is 0 Å².